The van der Waals surface area contributed by atoms with Crippen molar-refractivity contribution in [2.45, 2.75) is 0 Å². The lowest BCUT2D eigenvalue weighted by atomic mass is 10.3. The maximum Gasteiger partial charge on any atom is 0.411 e. The van der Waals surface area contributed by atoms with Gasteiger partial charge < -0.3 is 10.1 Å². The van der Waals surface area contributed by atoms with Crippen LogP contribution in [0.5, 0.6) is 0 Å². The normalized spacial score (nSPS) is 15.5. The lowest BCUT2D eigenvalue weighted by Crippen LogP contribution is -2.25. The van der Waals surface area contributed by atoms with E-state index in [2.05, 4.69) is 15.4 Å². The van der Waals surface area contributed by atoms with Crippen molar-refractivity contribution in [2.24, 2.45) is 0 Å². The number of carbonyl (C=O) groups is 1. The molecule has 66 valence electrons. The van der Waals surface area contributed by atoms with E-state index < -0.39 is 6.09 Å². The van der Waals surface area contributed by atoms with Gasteiger partial charge in [0.05, 0.1) is 7.11 Å². The number of alkyl carbamates (subject to hydrolysis) is 1. The lowest BCUT2D eigenvalue weighted by Gasteiger charge is -2.11. The van der Waals surface area contributed by atoms with E-state index in [0.29, 0.717) is 17.4 Å². The van der Waals surface area contributed by atoms with Crippen LogP contribution in [0.2, 0.25) is 0 Å². The molecule has 0 aromatic heterocycles. The highest BCUT2D eigenvalue weighted by molar-refractivity contribution is 6.29. The standard InChI is InChI=1S/C7H9ClN2O2/c1-12-7(11)10-5-2-3-9-6(8)4-5/h2,4,9H,3H2,1H3,(H,10,11). The summed E-state index contributed by atoms with van der Waals surface area (Å²) >= 11 is 5.66. The fraction of sp³-hybridized carbons (Fsp3) is 0.286. The molecule has 0 bridgehead atoms. The summed E-state index contributed by atoms with van der Waals surface area (Å²) in [7, 11) is 1.31. The summed E-state index contributed by atoms with van der Waals surface area (Å²) < 4.78 is 4.40. The molecule has 1 heterocycles. The first-order valence-electron chi connectivity index (χ1n) is 3.38. The van der Waals surface area contributed by atoms with Gasteiger partial charge in [-0.1, -0.05) is 11.6 Å². The maximum absolute atomic E-state index is 10.7. The molecule has 1 rings (SSSR count). The maximum atomic E-state index is 10.7. The Labute approximate surface area is 75.2 Å². The fourth-order valence-corrected chi connectivity index (χ4v) is 0.956. The molecule has 1 amide bonds. The quantitative estimate of drug-likeness (QED) is 0.602. The number of carbonyl (C=O) groups excluding carboxylic acids is 1. The predicted octanol–water partition coefficient (Wildman–Crippen LogP) is 0.910. The first kappa shape index (κ1) is 8.93. The van der Waals surface area contributed by atoms with Crippen LogP contribution in [-0.2, 0) is 4.74 Å². The van der Waals surface area contributed by atoms with Gasteiger partial charge in [-0.15, -0.1) is 0 Å². The van der Waals surface area contributed by atoms with E-state index in [1.165, 1.54) is 7.11 Å². The Morgan fingerprint density at radius 3 is 3.17 bits per heavy atom. The zero-order valence-corrected chi connectivity index (χ0v) is 7.31. The summed E-state index contributed by atoms with van der Waals surface area (Å²) in [5.41, 5.74) is 0.644. The largest absolute Gasteiger partial charge is 0.453 e. The van der Waals surface area contributed by atoms with Crippen LogP contribution in [0, 0.1) is 0 Å². The van der Waals surface area contributed by atoms with Gasteiger partial charge in [0.1, 0.15) is 5.16 Å². The minimum atomic E-state index is -0.496. The minimum Gasteiger partial charge on any atom is -0.453 e. The van der Waals surface area contributed by atoms with Crippen molar-refractivity contribution in [3.63, 3.8) is 0 Å². The van der Waals surface area contributed by atoms with E-state index in [0.717, 1.165) is 0 Å². The van der Waals surface area contributed by atoms with Crippen molar-refractivity contribution in [3.05, 3.63) is 23.0 Å². The van der Waals surface area contributed by atoms with E-state index >= 15 is 0 Å². The summed E-state index contributed by atoms with van der Waals surface area (Å²) in [6.45, 7) is 0.606. The monoisotopic (exact) mass is 188 g/mol. The van der Waals surface area contributed by atoms with Crippen molar-refractivity contribution < 1.29 is 9.53 Å². The molecule has 0 aromatic carbocycles. The molecule has 0 saturated carbocycles. The number of rotatable bonds is 1. The van der Waals surface area contributed by atoms with Crippen molar-refractivity contribution in [1.82, 2.24) is 10.6 Å². The summed E-state index contributed by atoms with van der Waals surface area (Å²) in [5, 5.41) is 5.86. The summed E-state index contributed by atoms with van der Waals surface area (Å²) in [6.07, 6.45) is 2.91. The van der Waals surface area contributed by atoms with Crippen LogP contribution < -0.4 is 10.6 Å². The molecule has 5 heteroatoms. The van der Waals surface area contributed by atoms with Crippen LogP contribution in [0.3, 0.4) is 0 Å². The molecule has 0 atom stereocenters. The number of dihydropyridines is 1. The van der Waals surface area contributed by atoms with E-state index in [4.69, 9.17) is 11.6 Å². The number of allylic oxidation sites excluding steroid dienone is 1. The molecule has 0 unspecified atom stereocenters. The Bertz CT molecular complexity index is 248. The Kier molecular flexibility index (Phi) is 2.99. The van der Waals surface area contributed by atoms with Gasteiger partial charge in [-0.05, 0) is 12.2 Å². The van der Waals surface area contributed by atoms with E-state index in [1.807, 2.05) is 0 Å². The van der Waals surface area contributed by atoms with E-state index in [1.54, 1.807) is 12.2 Å². The molecule has 0 saturated heterocycles. The van der Waals surface area contributed by atoms with Crippen molar-refractivity contribution in [2.75, 3.05) is 13.7 Å². The minimum absolute atomic E-state index is 0.496. The number of amides is 1. The highest BCUT2D eigenvalue weighted by atomic mass is 35.5. The Morgan fingerprint density at radius 1 is 1.83 bits per heavy atom. The molecular formula is C7H9ClN2O2. The zero-order chi connectivity index (χ0) is 8.97. The van der Waals surface area contributed by atoms with Crippen molar-refractivity contribution in [3.8, 4) is 0 Å². The molecule has 0 fully saturated rings. The SMILES string of the molecule is COC(=O)NC1=CCNC(Cl)=C1. The number of nitrogens with one attached hydrogen (secondary N) is 2. The molecule has 2 N–H and O–H groups in total. The molecular weight excluding hydrogens is 180 g/mol. The predicted molar refractivity (Wildman–Crippen MR) is 45.6 cm³/mol. The molecule has 0 aromatic rings. The van der Waals surface area contributed by atoms with Crippen LogP contribution >= 0.6 is 11.6 Å². The topological polar surface area (TPSA) is 50.4 Å². The van der Waals surface area contributed by atoms with Crippen LogP contribution in [0.1, 0.15) is 0 Å². The van der Waals surface area contributed by atoms with Crippen molar-refractivity contribution in [1.29, 1.82) is 0 Å². The second kappa shape index (κ2) is 4.01. The van der Waals surface area contributed by atoms with Gasteiger partial charge in [0.25, 0.3) is 0 Å². The van der Waals surface area contributed by atoms with E-state index in [-0.39, 0.29) is 0 Å². The summed E-state index contributed by atoms with van der Waals surface area (Å²) in [5.74, 6) is 0. The molecule has 0 aliphatic carbocycles. The Hall–Kier alpha value is -1.16. The number of hydrogen-bond acceptors (Lipinski definition) is 3. The number of hydrogen-bond donors (Lipinski definition) is 2. The van der Waals surface area contributed by atoms with Gasteiger partial charge in [-0.3, -0.25) is 5.32 Å². The molecule has 4 nitrogen and oxygen atoms in total. The summed E-state index contributed by atoms with van der Waals surface area (Å²) in [6, 6.07) is 0. The summed E-state index contributed by atoms with van der Waals surface area (Å²) in [4.78, 5) is 10.7. The average Bonchev–Trinajstić information content (AvgIpc) is 2.04. The van der Waals surface area contributed by atoms with Crippen molar-refractivity contribution >= 4 is 17.7 Å². The molecule has 1 aliphatic heterocycles. The third kappa shape index (κ3) is 2.47. The van der Waals surface area contributed by atoms with Gasteiger partial charge in [0.2, 0.25) is 0 Å². The Morgan fingerprint density at radius 2 is 2.58 bits per heavy atom. The number of ether oxygens (including phenoxy) is 1. The fourth-order valence-electron chi connectivity index (χ4n) is 0.761. The number of halogens is 1. The van der Waals surface area contributed by atoms with Gasteiger partial charge >= 0.3 is 6.09 Å². The highest BCUT2D eigenvalue weighted by Crippen LogP contribution is 2.06. The molecule has 1 aliphatic rings. The highest BCUT2D eigenvalue weighted by Gasteiger charge is 2.05. The second-order valence-corrected chi connectivity index (χ2v) is 2.56. The third-order valence-electron chi connectivity index (χ3n) is 1.31. The second-order valence-electron chi connectivity index (χ2n) is 2.15. The zero-order valence-electron chi connectivity index (χ0n) is 6.56. The van der Waals surface area contributed by atoms with Gasteiger partial charge in [-0.25, -0.2) is 4.79 Å². The first-order valence-corrected chi connectivity index (χ1v) is 3.76. The molecule has 0 radical (unpaired) electrons. The third-order valence-corrected chi connectivity index (χ3v) is 1.55. The van der Waals surface area contributed by atoms with Crippen LogP contribution in [0.4, 0.5) is 4.79 Å². The van der Waals surface area contributed by atoms with E-state index in [9.17, 15) is 4.79 Å². The van der Waals surface area contributed by atoms with Gasteiger partial charge in [0.15, 0.2) is 0 Å². The van der Waals surface area contributed by atoms with Crippen LogP contribution in [0.15, 0.2) is 23.0 Å². The Balaban J connectivity index is 2.53. The molecule has 0 spiro atoms. The molecule has 12 heavy (non-hydrogen) atoms. The smallest absolute Gasteiger partial charge is 0.411 e. The van der Waals surface area contributed by atoms with Gasteiger partial charge in [-0.2, -0.15) is 0 Å². The number of methoxy groups -OCH3 is 1. The van der Waals surface area contributed by atoms with Crippen LogP contribution in [0.25, 0.3) is 0 Å². The van der Waals surface area contributed by atoms with Gasteiger partial charge in [0, 0.05) is 12.2 Å². The first-order chi connectivity index (χ1) is 5.72. The van der Waals surface area contributed by atoms with Crippen LogP contribution in [-0.4, -0.2) is 19.7 Å². The average molecular weight is 189 g/mol. The lowest BCUT2D eigenvalue weighted by molar-refractivity contribution is 0.174.